The fraction of sp³-hybridized carbons (Fsp3) is 0.667. The lowest BCUT2D eigenvalue weighted by molar-refractivity contribution is 0.172. The SMILES string of the molecule is CN(C)C1(CNc2cc(Cl)ncn2)CCCC1. The molecule has 1 heterocycles. The maximum atomic E-state index is 5.84. The summed E-state index contributed by atoms with van der Waals surface area (Å²) in [6, 6.07) is 1.76. The van der Waals surface area contributed by atoms with Crippen LogP contribution in [-0.4, -0.2) is 41.0 Å². The summed E-state index contributed by atoms with van der Waals surface area (Å²) in [5.41, 5.74) is 0.261. The van der Waals surface area contributed by atoms with Crippen molar-refractivity contribution in [3.05, 3.63) is 17.5 Å². The molecule has 1 N–H and O–H groups in total. The highest BCUT2D eigenvalue weighted by Gasteiger charge is 2.35. The Labute approximate surface area is 107 Å². The van der Waals surface area contributed by atoms with Crippen molar-refractivity contribution in [2.24, 2.45) is 0 Å². The van der Waals surface area contributed by atoms with Crippen molar-refractivity contribution >= 4 is 17.4 Å². The Morgan fingerprint density at radius 1 is 1.35 bits per heavy atom. The second-order valence-corrected chi connectivity index (χ2v) is 5.29. The molecule has 0 radical (unpaired) electrons. The van der Waals surface area contributed by atoms with Crippen LogP contribution in [-0.2, 0) is 0 Å². The molecule has 0 saturated heterocycles. The van der Waals surface area contributed by atoms with Crippen molar-refractivity contribution in [3.8, 4) is 0 Å². The van der Waals surface area contributed by atoms with Gasteiger partial charge < -0.3 is 10.2 Å². The normalized spacial score (nSPS) is 18.6. The van der Waals surface area contributed by atoms with Crippen molar-refractivity contribution in [1.82, 2.24) is 14.9 Å². The van der Waals surface area contributed by atoms with Crippen LogP contribution in [0.2, 0.25) is 5.15 Å². The van der Waals surface area contributed by atoms with Crippen LogP contribution in [0, 0.1) is 0 Å². The summed E-state index contributed by atoms with van der Waals surface area (Å²) in [5, 5.41) is 3.85. The van der Waals surface area contributed by atoms with E-state index in [9.17, 15) is 0 Å². The minimum absolute atomic E-state index is 0.261. The molecule has 1 saturated carbocycles. The molecule has 1 aliphatic rings. The first-order valence-corrected chi connectivity index (χ1v) is 6.39. The van der Waals surface area contributed by atoms with Crippen LogP contribution in [0.25, 0.3) is 0 Å². The van der Waals surface area contributed by atoms with Crippen LogP contribution in [0.3, 0.4) is 0 Å². The van der Waals surface area contributed by atoms with Crippen molar-refractivity contribution in [2.75, 3.05) is 26.0 Å². The highest BCUT2D eigenvalue weighted by Crippen LogP contribution is 2.33. The Kier molecular flexibility index (Phi) is 3.84. The third-order valence-electron chi connectivity index (χ3n) is 3.72. The van der Waals surface area contributed by atoms with Gasteiger partial charge in [-0.1, -0.05) is 24.4 Å². The Hall–Kier alpha value is -0.870. The molecule has 17 heavy (non-hydrogen) atoms. The Morgan fingerprint density at radius 2 is 2.06 bits per heavy atom. The molecular formula is C12H19ClN4. The van der Waals surface area contributed by atoms with Gasteiger partial charge in [-0.2, -0.15) is 0 Å². The number of nitrogens with one attached hydrogen (secondary N) is 1. The van der Waals surface area contributed by atoms with Crippen LogP contribution in [0.15, 0.2) is 12.4 Å². The fourth-order valence-corrected chi connectivity index (χ4v) is 2.65. The zero-order chi connectivity index (χ0) is 12.3. The van der Waals surface area contributed by atoms with E-state index in [1.165, 1.54) is 32.0 Å². The zero-order valence-corrected chi connectivity index (χ0v) is 11.2. The molecule has 5 heteroatoms. The molecule has 94 valence electrons. The first-order valence-electron chi connectivity index (χ1n) is 6.01. The second-order valence-electron chi connectivity index (χ2n) is 4.91. The van der Waals surface area contributed by atoms with Gasteiger partial charge in [0.1, 0.15) is 17.3 Å². The lowest BCUT2D eigenvalue weighted by Gasteiger charge is -2.36. The van der Waals surface area contributed by atoms with Crippen LogP contribution in [0.1, 0.15) is 25.7 Å². The molecule has 1 aromatic rings. The third-order valence-corrected chi connectivity index (χ3v) is 3.92. The third kappa shape index (κ3) is 2.87. The smallest absolute Gasteiger partial charge is 0.134 e. The van der Waals surface area contributed by atoms with Gasteiger partial charge in [-0.05, 0) is 26.9 Å². The van der Waals surface area contributed by atoms with E-state index in [1.807, 2.05) is 0 Å². The largest absolute Gasteiger partial charge is 0.368 e. The van der Waals surface area contributed by atoms with E-state index in [0.29, 0.717) is 5.15 Å². The van der Waals surface area contributed by atoms with Crippen LogP contribution >= 0.6 is 11.6 Å². The van der Waals surface area contributed by atoms with E-state index in [2.05, 4.69) is 34.3 Å². The van der Waals surface area contributed by atoms with E-state index in [4.69, 9.17) is 11.6 Å². The number of nitrogens with zero attached hydrogens (tertiary/aromatic N) is 3. The van der Waals surface area contributed by atoms with Crippen molar-refractivity contribution in [2.45, 2.75) is 31.2 Å². The topological polar surface area (TPSA) is 41.0 Å². The molecule has 0 amide bonds. The van der Waals surface area contributed by atoms with Gasteiger partial charge in [-0.15, -0.1) is 0 Å². The van der Waals surface area contributed by atoms with Gasteiger partial charge in [0.05, 0.1) is 0 Å². The Bertz CT molecular complexity index is 375. The minimum atomic E-state index is 0.261. The quantitative estimate of drug-likeness (QED) is 0.838. The fourth-order valence-electron chi connectivity index (χ4n) is 2.50. The Balaban J connectivity index is 2.01. The van der Waals surface area contributed by atoms with Gasteiger partial charge in [0, 0.05) is 18.2 Å². The van der Waals surface area contributed by atoms with E-state index in [1.54, 1.807) is 6.07 Å². The lowest BCUT2D eigenvalue weighted by Crippen LogP contribution is -2.47. The number of hydrogen-bond donors (Lipinski definition) is 1. The lowest BCUT2D eigenvalue weighted by atomic mass is 9.96. The van der Waals surface area contributed by atoms with Gasteiger partial charge >= 0.3 is 0 Å². The van der Waals surface area contributed by atoms with Crippen molar-refractivity contribution in [3.63, 3.8) is 0 Å². The number of anilines is 1. The average molecular weight is 255 g/mol. The summed E-state index contributed by atoms with van der Waals surface area (Å²) in [6.07, 6.45) is 6.59. The van der Waals surface area contributed by atoms with Gasteiger partial charge in [0.2, 0.25) is 0 Å². The molecule has 1 aliphatic carbocycles. The maximum absolute atomic E-state index is 5.84. The standard InChI is InChI=1S/C12H19ClN4/c1-17(2)12(5-3-4-6-12)8-14-11-7-10(13)15-9-16-11/h7,9H,3-6,8H2,1-2H3,(H,14,15,16). The number of halogens is 1. The molecule has 0 atom stereocenters. The number of aromatic nitrogens is 2. The molecular weight excluding hydrogens is 236 g/mol. The second kappa shape index (κ2) is 5.19. The number of likely N-dealkylation sites (N-methyl/N-ethyl adjacent to an activating group) is 1. The first-order chi connectivity index (χ1) is 8.12. The maximum Gasteiger partial charge on any atom is 0.134 e. The van der Waals surface area contributed by atoms with Crippen molar-refractivity contribution < 1.29 is 0 Å². The summed E-state index contributed by atoms with van der Waals surface area (Å²) in [4.78, 5) is 10.4. The number of hydrogen-bond acceptors (Lipinski definition) is 4. The summed E-state index contributed by atoms with van der Waals surface area (Å²) >= 11 is 5.84. The van der Waals surface area contributed by atoms with Gasteiger partial charge in [-0.3, -0.25) is 0 Å². The first kappa shape index (κ1) is 12.6. The Morgan fingerprint density at radius 3 is 2.65 bits per heavy atom. The highest BCUT2D eigenvalue weighted by atomic mass is 35.5. The molecule has 0 bridgehead atoms. The summed E-state index contributed by atoms with van der Waals surface area (Å²) < 4.78 is 0. The molecule has 0 aromatic carbocycles. The zero-order valence-electron chi connectivity index (χ0n) is 10.4. The van der Waals surface area contributed by atoms with E-state index >= 15 is 0 Å². The van der Waals surface area contributed by atoms with Gasteiger partial charge in [0.15, 0.2) is 0 Å². The molecule has 0 aliphatic heterocycles. The molecule has 0 spiro atoms. The number of rotatable bonds is 4. The van der Waals surface area contributed by atoms with Crippen molar-refractivity contribution in [1.29, 1.82) is 0 Å². The predicted molar refractivity (Wildman–Crippen MR) is 70.4 cm³/mol. The van der Waals surface area contributed by atoms with E-state index < -0.39 is 0 Å². The molecule has 0 unspecified atom stereocenters. The minimum Gasteiger partial charge on any atom is -0.368 e. The van der Waals surface area contributed by atoms with Crippen LogP contribution in [0.4, 0.5) is 5.82 Å². The summed E-state index contributed by atoms with van der Waals surface area (Å²) in [6.45, 7) is 0.910. The van der Waals surface area contributed by atoms with Crippen LogP contribution in [0.5, 0.6) is 0 Å². The molecule has 1 fully saturated rings. The van der Waals surface area contributed by atoms with Gasteiger partial charge in [-0.25, -0.2) is 9.97 Å². The van der Waals surface area contributed by atoms with Gasteiger partial charge in [0.25, 0.3) is 0 Å². The highest BCUT2D eigenvalue weighted by molar-refractivity contribution is 6.29. The summed E-state index contributed by atoms with van der Waals surface area (Å²) in [5.74, 6) is 0.804. The average Bonchev–Trinajstić information content (AvgIpc) is 2.76. The van der Waals surface area contributed by atoms with E-state index in [-0.39, 0.29) is 5.54 Å². The molecule has 4 nitrogen and oxygen atoms in total. The van der Waals surface area contributed by atoms with Crippen LogP contribution < -0.4 is 5.32 Å². The summed E-state index contributed by atoms with van der Waals surface area (Å²) in [7, 11) is 4.31. The molecule has 2 rings (SSSR count). The van der Waals surface area contributed by atoms with E-state index in [0.717, 1.165) is 12.4 Å². The molecule has 1 aromatic heterocycles. The predicted octanol–water partition coefficient (Wildman–Crippen LogP) is 2.42. The monoisotopic (exact) mass is 254 g/mol.